The third-order valence-electron chi connectivity index (χ3n) is 6.50. The number of para-hydroxylation sites is 1. The molecule has 29 heavy (non-hydrogen) atoms. The van der Waals surface area contributed by atoms with Gasteiger partial charge in [-0.2, -0.15) is 0 Å². The van der Waals surface area contributed by atoms with E-state index in [9.17, 15) is 0 Å². The lowest BCUT2D eigenvalue weighted by molar-refractivity contribution is 0.523. The Bertz CT molecular complexity index is 1250. The van der Waals surface area contributed by atoms with Crippen LogP contribution in [-0.4, -0.2) is 0 Å². The standard InChI is InChI=1S/C26H21ClN2/c1-15-5-4-8-20-23-25(17-9-12-18(27)13-10-17)28-21-14-11-16-6-2-3-7-19(16)22(21)26(23)29-24(15)20/h2-14,23,25-26,28-29H,1H3/t23-,25-,26+/m1/s1. The van der Waals surface area contributed by atoms with Crippen LogP contribution in [0.4, 0.5) is 11.4 Å². The summed E-state index contributed by atoms with van der Waals surface area (Å²) in [5.74, 6) is 0.310. The third-order valence-corrected chi connectivity index (χ3v) is 6.76. The van der Waals surface area contributed by atoms with E-state index >= 15 is 0 Å². The van der Waals surface area contributed by atoms with Crippen molar-refractivity contribution in [1.29, 1.82) is 0 Å². The number of fused-ring (bicyclic) bond motifs is 7. The molecule has 0 fully saturated rings. The van der Waals surface area contributed by atoms with Crippen LogP contribution >= 0.6 is 11.6 Å². The fourth-order valence-electron chi connectivity index (χ4n) is 5.19. The normalized spacial score (nSPS) is 21.7. The molecule has 4 aromatic rings. The zero-order valence-electron chi connectivity index (χ0n) is 16.1. The minimum atomic E-state index is 0.182. The summed E-state index contributed by atoms with van der Waals surface area (Å²) >= 11 is 6.18. The smallest absolute Gasteiger partial charge is 0.0632 e. The highest BCUT2D eigenvalue weighted by molar-refractivity contribution is 6.30. The van der Waals surface area contributed by atoms with E-state index in [1.54, 1.807) is 0 Å². The maximum Gasteiger partial charge on any atom is 0.0632 e. The van der Waals surface area contributed by atoms with Crippen LogP contribution in [0, 0.1) is 6.92 Å². The molecule has 2 aliphatic rings. The second-order valence-electron chi connectivity index (χ2n) is 8.11. The number of benzene rings is 4. The Kier molecular flexibility index (Phi) is 3.66. The Labute approximate surface area is 175 Å². The van der Waals surface area contributed by atoms with Gasteiger partial charge in [0, 0.05) is 27.9 Å². The van der Waals surface area contributed by atoms with Crippen molar-refractivity contribution in [2.45, 2.75) is 24.9 Å². The van der Waals surface area contributed by atoms with Crippen LogP contribution in [-0.2, 0) is 0 Å². The van der Waals surface area contributed by atoms with Gasteiger partial charge in [-0.1, -0.05) is 72.3 Å². The molecular formula is C26H21ClN2. The average molecular weight is 397 g/mol. The van der Waals surface area contributed by atoms with Crippen molar-refractivity contribution in [1.82, 2.24) is 0 Å². The molecule has 0 radical (unpaired) electrons. The van der Waals surface area contributed by atoms with Crippen LogP contribution in [0.1, 0.15) is 40.3 Å². The van der Waals surface area contributed by atoms with Gasteiger partial charge in [0.2, 0.25) is 0 Å². The summed E-state index contributed by atoms with van der Waals surface area (Å²) < 4.78 is 0. The largest absolute Gasteiger partial charge is 0.377 e. The first-order valence-corrected chi connectivity index (χ1v) is 10.5. The van der Waals surface area contributed by atoms with Gasteiger partial charge in [-0.05, 0) is 52.6 Å². The highest BCUT2D eigenvalue weighted by Crippen LogP contribution is 2.57. The molecule has 142 valence electrons. The molecule has 6 rings (SSSR count). The number of anilines is 2. The van der Waals surface area contributed by atoms with Gasteiger partial charge in [0.1, 0.15) is 0 Å². The summed E-state index contributed by atoms with van der Waals surface area (Å²) in [4.78, 5) is 0. The fraction of sp³-hybridized carbons (Fsp3) is 0.154. The molecule has 2 aliphatic heterocycles. The zero-order valence-corrected chi connectivity index (χ0v) is 16.9. The summed E-state index contributed by atoms with van der Waals surface area (Å²) in [7, 11) is 0. The van der Waals surface area contributed by atoms with Gasteiger partial charge in [0.15, 0.2) is 0 Å². The molecule has 2 N–H and O–H groups in total. The first-order chi connectivity index (χ1) is 14.2. The maximum atomic E-state index is 6.18. The predicted molar refractivity (Wildman–Crippen MR) is 122 cm³/mol. The molecule has 0 bridgehead atoms. The van der Waals surface area contributed by atoms with Crippen molar-refractivity contribution in [3.05, 3.63) is 106 Å². The lowest BCUT2D eigenvalue weighted by Gasteiger charge is -2.38. The van der Waals surface area contributed by atoms with E-state index < -0.39 is 0 Å². The first-order valence-electron chi connectivity index (χ1n) is 10.1. The lowest BCUT2D eigenvalue weighted by Crippen LogP contribution is -2.30. The Morgan fingerprint density at radius 3 is 2.45 bits per heavy atom. The Balaban J connectivity index is 1.61. The maximum absolute atomic E-state index is 6.18. The SMILES string of the molecule is Cc1cccc2c1N[C@H]1c3c(ccc4ccccc34)N[C@H](c3ccc(Cl)cc3)[C@@H]21. The number of hydrogen-bond donors (Lipinski definition) is 2. The molecule has 0 saturated heterocycles. The van der Waals surface area contributed by atoms with Gasteiger partial charge in [0.05, 0.1) is 12.1 Å². The van der Waals surface area contributed by atoms with Gasteiger partial charge in [-0.25, -0.2) is 0 Å². The molecule has 2 heterocycles. The first kappa shape index (κ1) is 16.9. The molecule has 3 heteroatoms. The van der Waals surface area contributed by atoms with E-state index in [1.165, 1.54) is 44.4 Å². The third kappa shape index (κ3) is 2.49. The van der Waals surface area contributed by atoms with Gasteiger partial charge in [-0.15, -0.1) is 0 Å². The van der Waals surface area contributed by atoms with E-state index in [1.807, 2.05) is 12.1 Å². The second kappa shape index (κ2) is 6.27. The van der Waals surface area contributed by atoms with E-state index in [0.717, 1.165) is 5.02 Å². The zero-order chi connectivity index (χ0) is 19.5. The van der Waals surface area contributed by atoms with Crippen molar-refractivity contribution in [3.8, 4) is 0 Å². The minimum absolute atomic E-state index is 0.182. The number of hydrogen-bond acceptors (Lipinski definition) is 2. The molecule has 2 nitrogen and oxygen atoms in total. The van der Waals surface area contributed by atoms with Crippen LogP contribution in [0.25, 0.3) is 10.8 Å². The van der Waals surface area contributed by atoms with Crippen molar-refractivity contribution < 1.29 is 0 Å². The van der Waals surface area contributed by atoms with Crippen molar-refractivity contribution in [3.63, 3.8) is 0 Å². The van der Waals surface area contributed by atoms with E-state index in [4.69, 9.17) is 11.6 Å². The van der Waals surface area contributed by atoms with Crippen molar-refractivity contribution in [2.24, 2.45) is 0 Å². The molecule has 4 aromatic carbocycles. The molecule has 3 atom stereocenters. The van der Waals surface area contributed by atoms with Crippen LogP contribution in [0.2, 0.25) is 5.02 Å². The van der Waals surface area contributed by atoms with E-state index in [-0.39, 0.29) is 12.1 Å². The summed E-state index contributed by atoms with van der Waals surface area (Å²) in [6.45, 7) is 2.19. The number of aryl methyl sites for hydroxylation is 1. The topological polar surface area (TPSA) is 24.1 Å². The molecule has 0 saturated carbocycles. The van der Waals surface area contributed by atoms with Gasteiger partial charge in [0.25, 0.3) is 0 Å². The monoisotopic (exact) mass is 396 g/mol. The summed E-state index contributed by atoms with van der Waals surface area (Å²) in [5, 5.41) is 11.1. The Hall–Kier alpha value is -2.97. The highest BCUT2D eigenvalue weighted by atomic mass is 35.5. The predicted octanol–water partition coefficient (Wildman–Crippen LogP) is 7.22. The molecule has 0 aromatic heterocycles. The van der Waals surface area contributed by atoms with Gasteiger partial charge in [-0.3, -0.25) is 0 Å². The van der Waals surface area contributed by atoms with E-state index in [0.29, 0.717) is 5.92 Å². The highest BCUT2D eigenvalue weighted by Gasteiger charge is 2.44. The molecule has 0 amide bonds. The summed E-state index contributed by atoms with van der Waals surface area (Å²) in [5.41, 5.74) is 7.81. The van der Waals surface area contributed by atoms with Gasteiger partial charge >= 0.3 is 0 Å². The van der Waals surface area contributed by atoms with Crippen LogP contribution in [0.3, 0.4) is 0 Å². The Morgan fingerprint density at radius 2 is 1.59 bits per heavy atom. The number of rotatable bonds is 1. The van der Waals surface area contributed by atoms with Gasteiger partial charge < -0.3 is 10.6 Å². The Morgan fingerprint density at radius 1 is 0.759 bits per heavy atom. The number of nitrogens with one attached hydrogen (secondary N) is 2. The van der Waals surface area contributed by atoms with Crippen LogP contribution in [0.5, 0.6) is 0 Å². The average Bonchev–Trinajstić information content (AvgIpc) is 3.14. The molecular weight excluding hydrogens is 376 g/mol. The van der Waals surface area contributed by atoms with Crippen molar-refractivity contribution >= 4 is 33.7 Å². The molecule has 0 unspecified atom stereocenters. The lowest BCUT2D eigenvalue weighted by atomic mass is 9.76. The van der Waals surface area contributed by atoms with E-state index in [2.05, 4.69) is 84.3 Å². The summed E-state index contributed by atoms with van der Waals surface area (Å²) in [6, 6.07) is 28.5. The fourth-order valence-corrected chi connectivity index (χ4v) is 5.31. The quantitative estimate of drug-likeness (QED) is 0.355. The molecule has 0 spiro atoms. The summed E-state index contributed by atoms with van der Waals surface area (Å²) in [6.07, 6.45) is 0. The number of halogens is 1. The second-order valence-corrected chi connectivity index (χ2v) is 8.54. The minimum Gasteiger partial charge on any atom is -0.377 e. The van der Waals surface area contributed by atoms with Crippen LogP contribution < -0.4 is 10.6 Å². The van der Waals surface area contributed by atoms with Crippen LogP contribution in [0.15, 0.2) is 78.9 Å². The van der Waals surface area contributed by atoms with Crippen molar-refractivity contribution in [2.75, 3.05) is 10.6 Å². The molecule has 0 aliphatic carbocycles.